The van der Waals surface area contributed by atoms with E-state index in [1.165, 1.54) is 0 Å². The van der Waals surface area contributed by atoms with E-state index in [0.717, 1.165) is 49.0 Å². The molecule has 1 aromatic rings. The Bertz CT molecular complexity index is 445. The van der Waals surface area contributed by atoms with E-state index in [0.29, 0.717) is 13.2 Å². The minimum atomic E-state index is 0.223. The fraction of sp³-hybridized carbons (Fsp3) is 0.571. The molecule has 104 valence electrons. The van der Waals surface area contributed by atoms with Gasteiger partial charge in [0.05, 0.1) is 12.7 Å². The van der Waals surface area contributed by atoms with Crippen molar-refractivity contribution >= 4 is 5.69 Å². The van der Waals surface area contributed by atoms with E-state index in [-0.39, 0.29) is 6.10 Å². The summed E-state index contributed by atoms with van der Waals surface area (Å²) < 4.78 is 16.8. The molecule has 1 atom stereocenters. The molecule has 19 heavy (non-hydrogen) atoms. The largest absolute Gasteiger partial charge is 0.486 e. The second kappa shape index (κ2) is 5.67. The molecule has 2 aliphatic heterocycles. The summed E-state index contributed by atoms with van der Waals surface area (Å²) in [6.07, 6.45) is 0.223. The molecule has 2 heterocycles. The summed E-state index contributed by atoms with van der Waals surface area (Å²) in [5, 5.41) is 6.76. The zero-order valence-corrected chi connectivity index (χ0v) is 11.2. The number of hydrogen-bond acceptors (Lipinski definition) is 5. The Hall–Kier alpha value is -1.46. The Balaban J connectivity index is 1.66. The van der Waals surface area contributed by atoms with Gasteiger partial charge in [-0.3, -0.25) is 0 Å². The first-order valence-corrected chi connectivity index (χ1v) is 6.79. The average molecular weight is 264 g/mol. The fourth-order valence-electron chi connectivity index (χ4n) is 2.36. The molecule has 2 N–H and O–H groups in total. The van der Waals surface area contributed by atoms with Crippen LogP contribution < -0.4 is 20.1 Å². The topological polar surface area (TPSA) is 51.8 Å². The van der Waals surface area contributed by atoms with Gasteiger partial charge in [-0.05, 0) is 18.6 Å². The van der Waals surface area contributed by atoms with Gasteiger partial charge < -0.3 is 24.8 Å². The monoisotopic (exact) mass is 264 g/mol. The maximum atomic E-state index is 5.67. The first kappa shape index (κ1) is 12.6. The van der Waals surface area contributed by atoms with Crippen molar-refractivity contribution in [1.82, 2.24) is 5.32 Å². The molecule has 0 spiro atoms. The van der Waals surface area contributed by atoms with Crippen LogP contribution in [0.4, 0.5) is 5.69 Å². The van der Waals surface area contributed by atoms with Gasteiger partial charge in [0, 0.05) is 31.4 Å². The Kier molecular flexibility index (Phi) is 3.75. The van der Waals surface area contributed by atoms with Gasteiger partial charge in [-0.15, -0.1) is 0 Å². The molecular formula is C14H20N2O3. The molecule has 5 nitrogen and oxygen atoms in total. The van der Waals surface area contributed by atoms with Crippen molar-refractivity contribution in [3.63, 3.8) is 0 Å². The SMILES string of the molecule is Cc1cc2c(cc1NCC1CNCCO1)OCCO2. The van der Waals surface area contributed by atoms with Crippen LogP contribution in [0, 0.1) is 6.92 Å². The molecule has 3 rings (SSSR count). The molecule has 0 aliphatic carbocycles. The Morgan fingerprint density at radius 1 is 1.21 bits per heavy atom. The highest BCUT2D eigenvalue weighted by Gasteiger charge is 2.16. The molecule has 1 saturated heterocycles. The van der Waals surface area contributed by atoms with E-state index in [4.69, 9.17) is 14.2 Å². The van der Waals surface area contributed by atoms with Gasteiger partial charge in [-0.25, -0.2) is 0 Å². The summed E-state index contributed by atoms with van der Waals surface area (Å²) in [7, 11) is 0. The summed E-state index contributed by atoms with van der Waals surface area (Å²) in [6, 6.07) is 4.04. The van der Waals surface area contributed by atoms with E-state index in [1.54, 1.807) is 0 Å². The van der Waals surface area contributed by atoms with Gasteiger partial charge in [0.1, 0.15) is 13.2 Å². The standard InChI is InChI=1S/C14H20N2O3/c1-10-6-13-14(19-5-4-18-13)7-12(10)16-9-11-8-15-2-3-17-11/h6-7,11,15-16H,2-5,8-9H2,1H3. The Morgan fingerprint density at radius 3 is 2.74 bits per heavy atom. The van der Waals surface area contributed by atoms with Crippen LogP contribution in [-0.2, 0) is 4.74 Å². The van der Waals surface area contributed by atoms with Crippen molar-refractivity contribution in [2.24, 2.45) is 0 Å². The molecule has 0 radical (unpaired) electrons. The fourth-order valence-corrected chi connectivity index (χ4v) is 2.36. The summed E-state index contributed by atoms with van der Waals surface area (Å²) >= 11 is 0. The minimum Gasteiger partial charge on any atom is -0.486 e. The average Bonchev–Trinajstić information content (AvgIpc) is 2.46. The van der Waals surface area contributed by atoms with Gasteiger partial charge in [0.2, 0.25) is 0 Å². The van der Waals surface area contributed by atoms with Crippen LogP contribution in [0.3, 0.4) is 0 Å². The highest BCUT2D eigenvalue weighted by Crippen LogP contribution is 2.35. The van der Waals surface area contributed by atoms with E-state index >= 15 is 0 Å². The second-order valence-electron chi connectivity index (χ2n) is 4.89. The third-order valence-electron chi connectivity index (χ3n) is 3.41. The lowest BCUT2D eigenvalue weighted by Crippen LogP contribution is -2.42. The third kappa shape index (κ3) is 2.93. The minimum absolute atomic E-state index is 0.223. The van der Waals surface area contributed by atoms with Crippen LogP contribution in [0.2, 0.25) is 0 Å². The van der Waals surface area contributed by atoms with E-state index in [1.807, 2.05) is 12.1 Å². The summed E-state index contributed by atoms with van der Waals surface area (Å²) in [5.74, 6) is 1.66. The first-order valence-electron chi connectivity index (χ1n) is 6.79. The number of rotatable bonds is 3. The van der Waals surface area contributed by atoms with E-state index in [2.05, 4.69) is 17.6 Å². The van der Waals surface area contributed by atoms with Crippen LogP contribution in [0.5, 0.6) is 11.5 Å². The number of nitrogens with one attached hydrogen (secondary N) is 2. The quantitative estimate of drug-likeness (QED) is 0.858. The van der Waals surface area contributed by atoms with Crippen LogP contribution in [0.25, 0.3) is 0 Å². The van der Waals surface area contributed by atoms with Crippen molar-refractivity contribution < 1.29 is 14.2 Å². The van der Waals surface area contributed by atoms with Crippen LogP contribution in [0.15, 0.2) is 12.1 Å². The van der Waals surface area contributed by atoms with Gasteiger partial charge in [-0.1, -0.05) is 0 Å². The second-order valence-corrected chi connectivity index (χ2v) is 4.89. The molecule has 0 saturated carbocycles. The van der Waals surface area contributed by atoms with Gasteiger partial charge in [0.25, 0.3) is 0 Å². The zero-order valence-electron chi connectivity index (χ0n) is 11.2. The molecule has 0 aromatic heterocycles. The molecule has 1 fully saturated rings. The molecule has 0 bridgehead atoms. The summed E-state index contributed by atoms with van der Waals surface area (Å²) in [6.45, 7) is 6.74. The molecule has 1 aromatic carbocycles. The maximum Gasteiger partial charge on any atom is 0.163 e. The highest BCUT2D eigenvalue weighted by atomic mass is 16.6. The van der Waals surface area contributed by atoms with Gasteiger partial charge in [-0.2, -0.15) is 0 Å². The number of aryl methyl sites for hydroxylation is 1. The van der Waals surface area contributed by atoms with Gasteiger partial charge in [0.15, 0.2) is 11.5 Å². The normalized spacial score (nSPS) is 22.1. The van der Waals surface area contributed by atoms with Crippen molar-refractivity contribution in [3.8, 4) is 11.5 Å². The third-order valence-corrected chi connectivity index (χ3v) is 3.41. The molecule has 2 aliphatic rings. The predicted octanol–water partition coefficient (Wildman–Crippen LogP) is 1.17. The Labute approximate surface area is 113 Å². The smallest absolute Gasteiger partial charge is 0.163 e. The van der Waals surface area contributed by atoms with Crippen molar-refractivity contribution in [1.29, 1.82) is 0 Å². The lowest BCUT2D eigenvalue weighted by molar-refractivity contribution is 0.0372. The van der Waals surface area contributed by atoms with E-state index < -0.39 is 0 Å². The molecule has 1 unspecified atom stereocenters. The highest BCUT2D eigenvalue weighted by molar-refractivity contribution is 5.60. The number of fused-ring (bicyclic) bond motifs is 1. The number of anilines is 1. The number of hydrogen-bond donors (Lipinski definition) is 2. The van der Waals surface area contributed by atoms with Gasteiger partial charge >= 0.3 is 0 Å². The lowest BCUT2D eigenvalue weighted by Gasteiger charge is -2.25. The van der Waals surface area contributed by atoms with Crippen molar-refractivity contribution in [3.05, 3.63) is 17.7 Å². The van der Waals surface area contributed by atoms with Crippen molar-refractivity contribution in [2.75, 3.05) is 44.8 Å². The van der Waals surface area contributed by atoms with Crippen molar-refractivity contribution in [2.45, 2.75) is 13.0 Å². The molecule has 0 amide bonds. The number of benzene rings is 1. The summed E-state index contributed by atoms with van der Waals surface area (Å²) in [4.78, 5) is 0. The zero-order chi connectivity index (χ0) is 13.1. The van der Waals surface area contributed by atoms with Crippen LogP contribution in [0.1, 0.15) is 5.56 Å². The number of morpholine rings is 1. The van der Waals surface area contributed by atoms with Crippen LogP contribution in [-0.4, -0.2) is 45.6 Å². The summed E-state index contributed by atoms with van der Waals surface area (Å²) in [5.41, 5.74) is 2.24. The Morgan fingerprint density at radius 2 is 2.00 bits per heavy atom. The molecule has 5 heteroatoms. The van der Waals surface area contributed by atoms with E-state index in [9.17, 15) is 0 Å². The first-order chi connectivity index (χ1) is 9.33. The lowest BCUT2D eigenvalue weighted by atomic mass is 10.1. The molecular weight excluding hydrogens is 244 g/mol. The van der Waals surface area contributed by atoms with Crippen LogP contribution >= 0.6 is 0 Å². The number of ether oxygens (including phenoxy) is 3. The predicted molar refractivity (Wildman–Crippen MR) is 73.3 cm³/mol. The maximum absolute atomic E-state index is 5.67.